The van der Waals surface area contributed by atoms with Gasteiger partial charge in [0, 0.05) is 30.4 Å². The van der Waals surface area contributed by atoms with E-state index in [-0.39, 0.29) is 11.9 Å². The van der Waals surface area contributed by atoms with Crippen LogP contribution in [0.25, 0.3) is 10.6 Å². The third-order valence-corrected chi connectivity index (χ3v) is 4.98. The molecular weight excluding hydrogens is 352 g/mol. The van der Waals surface area contributed by atoms with E-state index in [1.165, 1.54) is 11.3 Å². The number of aromatic nitrogens is 3. The number of carbonyl (C=O) groups is 1. The molecule has 0 saturated carbocycles. The summed E-state index contributed by atoms with van der Waals surface area (Å²) in [4.78, 5) is 17.4. The van der Waals surface area contributed by atoms with Gasteiger partial charge in [-0.25, -0.2) is 4.98 Å². The summed E-state index contributed by atoms with van der Waals surface area (Å²) in [6.07, 6.45) is 5.18. The third kappa shape index (κ3) is 3.70. The zero-order valence-corrected chi connectivity index (χ0v) is 15.8. The molecule has 26 heavy (non-hydrogen) atoms. The summed E-state index contributed by atoms with van der Waals surface area (Å²) in [7, 11) is 5.04. The number of aryl methyl sites for hydroxylation is 1. The van der Waals surface area contributed by atoms with Gasteiger partial charge in [0.05, 0.1) is 32.7 Å². The van der Waals surface area contributed by atoms with Crippen LogP contribution in [0.5, 0.6) is 11.5 Å². The molecule has 1 N–H and O–H groups in total. The fraction of sp³-hybridized carbons (Fsp3) is 0.278. The number of nitrogens with one attached hydrogen (secondary N) is 1. The summed E-state index contributed by atoms with van der Waals surface area (Å²) in [5.74, 6) is 1.19. The van der Waals surface area contributed by atoms with Crippen LogP contribution in [-0.2, 0) is 7.05 Å². The highest BCUT2D eigenvalue weighted by molar-refractivity contribution is 7.16. The molecule has 0 fully saturated rings. The van der Waals surface area contributed by atoms with Gasteiger partial charge < -0.3 is 14.8 Å². The average molecular weight is 372 g/mol. The third-order valence-electron chi connectivity index (χ3n) is 3.94. The van der Waals surface area contributed by atoms with Crippen LogP contribution in [0.15, 0.2) is 36.8 Å². The largest absolute Gasteiger partial charge is 0.497 e. The second kappa shape index (κ2) is 7.57. The zero-order valence-electron chi connectivity index (χ0n) is 15.0. The summed E-state index contributed by atoms with van der Waals surface area (Å²) in [5.41, 5.74) is 1.76. The van der Waals surface area contributed by atoms with Gasteiger partial charge in [-0.1, -0.05) is 0 Å². The molecule has 3 aromatic rings. The number of carbonyl (C=O) groups excluding carboxylic acids is 1. The Labute approximate surface area is 155 Å². The van der Waals surface area contributed by atoms with Gasteiger partial charge in [0.2, 0.25) is 0 Å². The molecule has 0 aliphatic rings. The Morgan fingerprint density at radius 2 is 2.08 bits per heavy atom. The van der Waals surface area contributed by atoms with E-state index < -0.39 is 0 Å². The van der Waals surface area contributed by atoms with E-state index in [0.29, 0.717) is 16.4 Å². The predicted molar refractivity (Wildman–Crippen MR) is 99.7 cm³/mol. The number of thiazole rings is 1. The molecule has 0 radical (unpaired) electrons. The van der Waals surface area contributed by atoms with Crippen molar-refractivity contribution in [1.82, 2.24) is 20.1 Å². The van der Waals surface area contributed by atoms with E-state index in [1.807, 2.05) is 32.3 Å². The number of nitrogens with zero attached hydrogens (tertiary/aromatic N) is 3. The minimum Gasteiger partial charge on any atom is -0.497 e. The molecule has 2 heterocycles. The van der Waals surface area contributed by atoms with Crippen molar-refractivity contribution in [1.29, 1.82) is 0 Å². The monoisotopic (exact) mass is 372 g/mol. The first-order valence-corrected chi connectivity index (χ1v) is 8.81. The number of benzene rings is 1. The highest BCUT2D eigenvalue weighted by Crippen LogP contribution is 2.30. The Balaban J connectivity index is 1.75. The van der Waals surface area contributed by atoms with Gasteiger partial charge in [-0.3, -0.25) is 9.48 Å². The molecule has 2 aromatic heterocycles. The first kappa shape index (κ1) is 17.9. The molecule has 0 spiro atoms. The molecule has 8 heteroatoms. The van der Waals surface area contributed by atoms with Crippen LogP contribution in [-0.4, -0.2) is 34.9 Å². The van der Waals surface area contributed by atoms with Crippen LogP contribution in [0.1, 0.15) is 28.2 Å². The second-order valence-electron chi connectivity index (χ2n) is 5.74. The molecule has 0 unspecified atom stereocenters. The van der Waals surface area contributed by atoms with Crippen LogP contribution in [0.3, 0.4) is 0 Å². The Kier molecular flexibility index (Phi) is 5.22. The second-order valence-corrected chi connectivity index (χ2v) is 6.77. The van der Waals surface area contributed by atoms with Crippen molar-refractivity contribution in [3.63, 3.8) is 0 Å². The van der Waals surface area contributed by atoms with Crippen LogP contribution in [0.4, 0.5) is 0 Å². The van der Waals surface area contributed by atoms with E-state index in [2.05, 4.69) is 15.4 Å². The van der Waals surface area contributed by atoms with Gasteiger partial charge in [-0.15, -0.1) is 11.3 Å². The van der Waals surface area contributed by atoms with E-state index in [9.17, 15) is 4.79 Å². The molecule has 0 saturated heterocycles. The Hall–Kier alpha value is -2.87. The van der Waals surface area contributed by atoms with E-state index in [4.69, 9.17) is 9.47 Å². The molecule has 0 aliphatic carbocycles. The van der Waals surface area contributed by atoms with E-state index in [0.717, 1.165) is 16.1 Å². The molecule has 0 bridgehead atoms. The SMILES string of the molecule is COc1ccc([C@H](C)NC(=O)c2cnc(-c3cnn(C)c3)s2)c(OC)c1. The zero-order chi connectivity index (χ0) is 18.7. The van der Waals surface area contributed by atoms with Gasteiger partial charge in [0.1, 0.15) is 21.4 Å². The maximum absolute atomic E-state index is 12.6. The lowest BCUT2D eigenvalue weighted by atomic mass is 10.1. The van der Waals surface area contributed by atoms with Crippen molar-refractivity contribution < 1.29 is 14.3 Å². The first-order chi connectivity index (χ1) is 12.5. The molecular formula is C18H20N4O3S. The van der Waals surface area contributed by atoms with E-state index in [1.54, 1.807) is 37.4 Å². The molecule has 3 rings (SSSR count). The van der Waals surface area contributed by atoms with Gasteiger partial charge in [-0.05, 0) is 19.1 Å². The van der Waals surface area contributed by atoms with Crippen molar-refractivity contribution in [2.45, 2.75) is 13.0 Å². The van der Waals surface area contributed by atoms with Crippen LogP contribution >= 0.6 is 11.3 Å². The Bertz CT molecular complexity index is 919. The van der Waals surface area contributed by atoms with Crippen LogP contribution in [0.2, 0.25) is 0 Å². The molecule has 7 nitrogen and oxygen atoms in total. The molecule has 1 amide bonds. The number of methoxy groups -OCH3 is 2. The Morgan fingerprint density at radius 3 is 2.73 bits per heavy atom. The quantitative estimate of drug-likeness (QED) is 0.719. The highest BCUT2D eigenvalue weighted by atomic mass is 32.1. The number of ether oxygens (including phenoxy) is 2. The average Bonchev–Trinajstić information content (AvgIpc) is 3.29. The normalized spacial score (nSPS) is 11.8. The summed E-state index contributed by atoms with van der Waals surface area (Å²) in [6.45, 7) is 1.91. The maximum atomic E-state index is 12.6. The van der Waals surface area contributed by atoms with Crippen LogP contribution in [0, 0.1) is 0 Å². The fourth-order valence-corrected chi connectivity index (χ4v) is 3.36. The van der Waals surface area contributed by atoms with E-state index >= 15 is 0 Å². The van der Waals surface area contributed by atoms with Crippen molar-refractivity contribution >= 4 is 17.2 Å². The first-order valence-electron chi connectivity index (χ1n) is 7.99. The molecule has 0 aliphatic heterocycles. The lowest BCUT2D eigenvalue weighted by Gasteiger charge is -2.17. The van der Waals surface area contributed by atoms with Gasteiger partial charge in [-0.2, -0.15) is 5.10 Å². The highest BCUT2D eigenvalue weighted by Gasteiger charge is 2.18. The predicted octanol–water partition coefficient (Wildman–Crippen LogP) is 3.05. The molecule has 136 valence electrons. The minimum absolute atomic E-state index is 0.178. The summed E-state index contributed by atoms with van der Waals surface area (Å²) >= 11 is 1.33. The van der Waals surface area contributed by atoms with Gasteiger partial charge in [0.25, 0.3) is 5.91 Å². The fourth-order valence-electron chi connectivity index (χ4n) is 2.57. The van der Waals surface area contributed by atoms with Crippen molar-refractivity contribution in [2.24, 2.45) is 7.05 Å². The number of amides is 1. The smallest absolute Gasteiger partial charge is 0.263 e. The lowest BCUT2D eigenvalue weighted by molar-refractivity contribution is 0.0943. The molecule has 1 aromatic carbocycles. The van der Waals surface area contributed by atoms with Gasteiger partial charge in [0.15, 0.2) is 0 Å². The lowest BCUT2D eigenvalue weighted by Crippen LogP contribution is -2.26. The summed E-state index contributed by atoms with van der Waals surface area (Å²) < 4.78 is 12.3. The van der Waals surface area contributed by atoms with Crippen molar-refractivity contribution in [2.75, 3.05) is 14.2 Å². The Morgan fingerprint density at radius 1 is 1.27 bits per heavy atom. The molecule has 1 atom stereocenters. The number of hydrogen-bond acceptors (Lipinski definition) is 6. The van der Waals surface area contributed by atoms with Crippen molar-refractivity contribution in [3.8, 4) is 22.1 Å². The standard InChI is InChI=1S/C18H20N4O3S/c1-11(14-6-5-13(24-3)7-15(14)25-4)21-17(23)16-9-19-18(26-16)12-8-20-22(2)10-12/h5-11H,1-4H3,(H,21,23)/t11-/m0/s1. The number of hydrogen-bond donors (Lipinski definition) is 1. The topological polar surface area (TPSA) is 78.3 Å². The summed E-state index contributed by atoms with van der Waals surface area (Å²) in [6, 6.07) is 5.29. The maximum Gasteiger partial charge on any atom is 0.263 e. The minimum atomic E-state index is -0.229. The van der Waals surface area contributed by atoms with Crippen LogP contribution < -0.4 is 14.8 Å². The van der Waals surface area contributed by atoms with Gasteiger partial charge >= 0.3 is 0 Å². The summed E-state index contributed by atoms with van der Waals surface area (Å²) in [5, 5.41) is 7.87. The number of rotatable bonds is 6. The van der Waals surface area contributed by atoms with Crippen molar-refractivity contribution in [3.05, 3.63) is 47.2 Å².